The highest BCUT2D eigenvalue weighted by Crippen LogP contribution is 2.23. The number of furan rings is 1. The number of rotatable bonds is 3. The van der Waals surface area contributed by atoms with Crippen LogP contribution < -0.4 is 5.56 Å². The van der Waals surface area contributed by atoms with Gasteiger partial charge < -0.3 is 4.42 Å². The summed E-state index contributed by atoms with van der Waals surface area (Å²) in [6.45, 7) is 0.441. The number of benzene rings is 1. The standard InChI is InChI=1S/C20H13N7O2/c28-19-16-9-21-18-15(10-23-25(18)11-14-7-4-8-29-14)17(16)27-20(22-12-24-27)26(19)13-5-2-1-3-6-13/h1-10,12H,11H2. The SMILES string of the molecule is O=c1c2cnc3c(cnn3Cc3ccco3)c2n2ncnc2n1-c1ccccc1. The summed E-state index contributed by atoms with van der Waals surface area (Å²) in [6.07, 6.45) is 6.32. The van der Waals surface area contributed by atoms with Crippen LogP contribution in [0.1, 0.15) is 5.76 Å². The van der Waals surface area contributed by atoms with Crippen molar-refractivity contribution in [1.29, 1.82) is 0 Å². The molecule has 6 aromatic rings. The van der Waals surface area contributed by atoms with Gasteiger partial charge in [0, 0.05) is 6.20 Å². The highest BCUT2D eigenvalue weighted by atomic mass is 16.3. The molecule has 0 N–H and O–H groups in total. The number of nitrogens with zero attached hydrogens (tertiary/aromatic N) is 7. The molecule has 9 nitrogen and oxygen atoms in total. The Morgan fingerprint density at radius 1 is 0.931 bits per heavy atom. The van der Waals surface area contributed by atoms with Crippen molar-refractivity contribution in [2.75, 3.05) is 0 Å². The first kappa shape index (κ1) is 15.8. The van der Waals surface area contributed by atoms with Gasteiger partial charge in [0.25, 0.3) is 5.56 Å². The third kappa shape index (κ3) is 2.24. The molecule has 140 valence electrons. The molecule has 0 unspecified atom stereocenters. The topological polar surface area (TPSA) is 96.0 Å². The van der Waals surface area contributed by atoms with Gasteiger partial charge in [0.2, 0.25) is 5.78 Å². The van der Waals surface area contributed by atoms with Gasteiger partial charge in [0.05, 0.1) is 34.4 Å². The fourth-order valence-electron chi connectivity index (χ4n) is 3.63. The third-order valence-electron chi connectivity index (χ3n) is 4.91. The van der Waals surface area contributed by atoms with Gasteiger partial charge in [-0.1, -0.05) is 18.2 Å². The highest BCUT2D eigenvalue weighted by molar-refractivity contribution is 6.02. The van der Waals surface area contributed by atoms with E-state index >= 15 is 0 Å². The second kappa shape index (κ2) is 5.86. The second-order valence-electron chi connectivity index (χ2n) is 6.59. The van der Waals surface area contributed by atoms with Crippen molar-refractivity contribution in [3.05, 3.63) is 83.6 Å². The van der Waals surface area contributed by atoms with Crippen molar-refractivity contribution in [2.45, 2.75) is 6.54 Å². The number of para-hydroxylation sites is 1. The van der Waals surface area contributed by atoms with E-state index in [0.29, 0.717) is 34.6 Å². The van der Waals surface area contributed by atoms with Crippen molar-refractivity contribution >= 4 is 27.7 Å². The Balaban J connectivity index is 1.68. The Bertz CT molecular complexity index is 1540. The van der Waals surface area contributed by atoms with Crippen LogP contribution in [0, 0.1) is 0 Å². The van der Waals surface area contributed by atoms with Gasteiger partial charge in [-0.2, -0.15) is 19.7 Å². The summed E-state index contributed by atoms with van der Waals surface area (Å²) in [5, 5.41) is 9.98. The van der Waals surface area contributed by atoms with E-state index in [1.54, 1.807) is 27.9 Å². The van der Waals surface area contributed by atoms with Gasteiger partial charge in [0.15, 0.2) is 5.65 Å². The summed E-state index contributed by atoms with van der Waals surface area (Å²) < 4.78 is 10.3. The first-order valence-corrected chi connectivity index (χ1v) is 8.98. The van der Waals surface area contributed by atoms with E-state index in [0.717, 1.165) is 11.1 Å². The lowest BCUT2D eigenvalue weighted by Crippen LogP contribution is -2.22. The minimum Gasteiger partial charge on any atom is -0.467 e. The average Bonchev–Trinajstić information content (AvgIpc) is 3.50. The number of hydrogen-bond acceptors (Lipinski definition) is 6. The fraction of sp³-hybridized carbons (Fsp3) is 0.0500. The Labute approximate surface area is 162 Å². The van der Waals surface area contributed by atoms with Gasteiger partial charge in [-0.3, -0.25) is 4.79 Å². The lowest BCUT2D eigenvalue weighted by atomic mass is 10.2. The molecule has 0 atom stereocenters. The summed E-state index contributed by atoms with van der Waals surface area (Å²) in [7, 11) is 0. The molecule has 29 heavy (non-hydrogen) atoms. The minimum atomic E-state index is -0.208. The molecule has 0 fully saturated rings. The van der Waals surface area contributed by atoms with Crippen molar-refractivity contribution in [3.63, 3.8) is 0 Å². The number of aromatic nitrogens is 7. The van der Waals surface area contributed by atoms with Crippen LogP contribution in [0.3, 0.4) is 0 Å². The predicted molar refractivity (Wildman–Crippen MR) is 105 cm³/mol. The van der Waals surface area contributed by atoms with E-state index in [9.17, 15) is 4.79 Å². The zero-order valence-electron chi connectivity index (χ0n) is 15.0. The predicted octanol–water partition coefficient (Wildman–Crippen LogP) is 2.42. The molecule has 5 aromatic heterocycles. The van der Waals surface area contributed by atoms with Crippen molar-refractivity contribution in [2.24, 2.45) is 0 Å². The molecule has 0 radical (unpaired) electrons. The van der Waals surface area contributed by atoms with Gasteiger partial charge in [0.1, 0.15) is 18.6 Å². The maximum Gasteiger partial charge on any atom is 0.269 e. The Morgan fingerprint density at radius 3 is 2.66 bits per heavy atom. The Kier molecular flexibility index (Phi) is 3.19. The van der Waals surface area contributed by atoms with E-state index in [1.165, 1.54) is 10.9 Å². The molecule has 9 heteroatoms. The monoisotopic (exact) mass is 383 g/mol. The smallest absolute Gasteiger partial charge is 0.269 e. The van der Waals surface area contributed by atoms with Gasteiger partial charge >= 0.3 is 0 Å². The van der Waals surface area contributed by atoms with Crippen LogP contribution in [0.2, 0.25) is 0 Å². The summed E-state index contributed by atoms with van der Waals surface area (Å²) in [5.74, 6) is 1.20. The second-order valence-corrected chi connectivity index (χ2v) is 6.59. The van der Waals surface area contributed by atoms with E-state index in [4.69, 9.17) is 4.42 Å². The minimum absolute atomic E-state index is 0.208. The lowest BCUT2D eigenvalue weighted by molar-refractivity contribution is 0.483. The van der Waals surface area contributed by atoms with Crippen molar-refractivity contribution in [3.8, 4) is 5.69 Å². The fourth-order valence-corrected chi connectivity index (χ4v) is 3.63. The molecular weight excluding hydrogens is 370 g/mol. The third-order valence-corrected chi connectivity index (χ3v) is 4.91. The van der Waals surface area contributed by atoms with Crippen LogP contribution in [-0.4, -0.2) is 33.9 Å². The van der Waals surface area contributed by atoms with E-state index in [1.807, 2.05) is 42.5 Å². The van der Waals surface area contributed by atoms with Crippen LogP contribution in [0.25, 0.3) is 33.4 Å². The maximum atomic E-state index is 13.3. The normalized spacial score (nSPS) is 11.7. The molecule has 0 bridgehead atoms. The Hall–Kier alpha value is -4.27. The number of hydrogen-bond donors (Lipinski definition) is 0. The molecule has 0 aliphatic carbocycles. The number of pyridine rings is 1. The molecule has 0 spiro atoms. The molecule has 0 saturated carbocycles. The first-order valence-electron chi connectivity index (χ1n) is 8.98. The van der Waals surface area contributed by atoms with Crippen molar-refractivity contribution in [1.82, 2.24) is 33.9 Å². The molecule has 0 aliphatic rings. The highest BCUT2D eigenvalue weighted by Gasteiger charge is 2.19. The molecular formula is C20H13N7O2. The molecule has 0 saturated heterocycles. The Morgan fingerprint density at radius 2 is 1.83 bits per heavy atom. The summed E-state index contributed by atoms with van der Waals surface area (Å²) >= 11 is 0. The lowest BCUT2D eigenvalue weighted by Gasteiger charge is -2.10. The molecule has 5 heterocycles. The molecule has 1 aromatic carbocycles. The summed E-state index contributed by atoms with van der Waals surface area (Å²) in [4.78, 5) is 22.2. The molecule has 0 aliphatic heterocycles. The number of fused-ring (bicyclic) bond motifs is 5. The quantitative estimate of drug-likeness (QED) is 0.466. The largest absolute Gasteiger partial charge is 0.467 e. The molecule has 0 amide bonds. The average molecular weight is 383 g/mol. The van der Waals surface area contributed by atoms with Gasteiger partial charge in [-0.05, 0) is 24.3 Å². The van der Waals surface area contributed by atoms with E-state index in [-0.39, 0.29) is 5.56 Å². The van der Waals surface area contributed by atoms with Crippen LogP contribution in [0.4, 0.5) is 0 Å². The first-order chi connectivity index (χ1) is 14.3. The van der Waals surface area contributed by atoms with Crippen molar-refractivity contribution < 1.29 is 4.42 Å². The van der Waals surface area contributed by atoms with Gasteiger partial charge in [-0.25, -0.2) is 14.2 Å². The van der Waals surface area contributed by atoms with Crippen LogP contribution >= 0.6 is 0 Å². The summed E-state index contributed by atoms with van der Waals surface area (Å²) in [5.41, 5.74) is 1.78. The van der Waals surface area contributed by atoms with Gasteiger partial charge in [-0.15, -0.1) is 0 Å². The van der Waals surface area contributed by atoms with Crippen LogP contribution in [0.15, 0.2) is 76.7 Å². The van der Waals surface area contributed by atoms with Crippen LogP contribution in [0.5, 0.6) is 0 Å². The van der Waals surface area contributed by atoms with Crippen LogP contribution in [-0.2, 0) is 6.54 Å². The van der Waals surface area contributed by atoms with E-state index in [2.05, 4.69) is 20.2 Å². The maximum absolute atomic E-state index is 13.3. The zero-order chi connectivity index (χ0) is 19.4. The van der Waals surface area contributed by atoms with E-state index < -0.39 is 0 Å². The molecule has 6 rings (SSSR count). The summed E-state index contributed by atoms with van der Waals surface area (Å²) in [6, 6.07) is 13.1. The zero-order valence-corrected chi connectivity index (χ0v) is 15.0.